The first-order valence-electron chi connectivity index (χ1n) is 14.8. The first-order valence-corrected chi connectivity index (χ1v) is 17.8. The van der Waals surface area contributed by atoms with E-state index in [-0.39, 0.29) is 12.2 Å². The molecule has 0 aliphatic carbocycles. The molecule has 0 saturated heterocycles. The molecule has 5 aromatic rings. The van der Waals surface area contributed by atoms with E-state index < -0.39 is 12.0 Å². The van der Waals surface area contributed by atoms with Crippen LogP contribution in [0, 0.1) is 7.14 Å². The number of aromatic nitrogens is 1. The van der Waals surface area contributed by atoms with Gasteiger partial charge in [0.15, 0.2) is 4.80 Å². The minimum Gasteiger partial charge on any atom is -0.494 e. The molecule has 4 aromatic carbocycles. The van der Waals surface area contributed by atoms with Crippen molar-refractivity contribution in [1.29, 1.82) is 0 Å². The quantitative estimate of drug-likeness (QED) is 0.117. The summed E-state index contributed by atoms with van der Waals surface area (Å²) in [5, 5.41) is 2.30. The molecule has 1 atom stereocenters. The van der Waals surface area contributed by atoms with Crippen LogP contribution in [0.3, 0.4) is 0 Å². The zero-order chi connectivity index (χ0) is 32.4. The normalized spacial score (nSPS) is 14.6. The summed E-state index contributed by atoms with van der Waals surface area (Å²) in [7, 11) is 0. The number of fused-ring (bicyclic) bond motifs is 2. The molecular formula is C36H30I2N2O5S. The number of carbonyl (C=O) groups is 1. The monoisotopic (exact) mass is 856 g/mol. The standard InChI is InChI=1S/C36H30I2N2O5S/c1-4-43-27-15-13-23(14-16-27)32-31(35(42)44-5-2)21(3)39-36-40(32)34(41)30(46-36)18-25-17-26(37)19-29(38)33(25)45-20-24-11-8-10-22-9-6-7-12-28(22)24/h6-19,32H,4-5,20H2,1-3H3/b30-18-/t32-/m0/s1. The van der Waals surface area contributed by atoms with E-state index >= 15 is 0 Å². The molecule has 0 N–H and O–H groups in total. The Hall–Kier alpha value is -3.49. The van der Waals surface area contributed by atoms with Crippen molar-refractivity contribution >= 4 is 79.3 Å². The highest BCUT2D eigenvalue weighted by Gasteiger charge is 2.33. The second-order valence-corrected chi connectivity index (χ2v) is 14.0. The van der Waals surface area contributed by atoms with Crippen LogP contribution in [-0.4, -0.2) is 23.8 Å². The third-order valence-corrected chi connectivity index (χ3v) is 10.0. The summed E-state index contributed by atoms with van der Waals surface area (Å²) >= 11 is 5.85. The maximum absolute atomic E-state index is 14.2. The smallest absolute Gasteiger partial charge is 0.338 e. The van der Waals surface area contributed by atoms with Gasteiger partial charge in [-0.05, 0) is 118 Å². The van der Waals surface area contributed by atoms with Gasteiger partial charge in [-0.2, -0.15) is 0 Å². The summed E-state index contributed by atoms with van der Waals surface area (Å²) in [6.45, 7) is 6.59. The molecule has 0 amide bonds. The Morgan fingerprint density at radius 3 is 2.50 bits per heavy atom. The lowest BCUT2D eigenvalue weighted by Gasteiger charge is -2.24. The SMILES string of the molecule is CCOC(=O)C1=C(C)N=c2s/c(=C\c3cc(I)cc(I)c3OCc3cccc4ccccc34)c(=O)n2[C@H]1c1ccc(OCC)cc1. The number of allylic oxidation sites excluding steroid dienone is 1. The number of halogens is 2. The summed E-state index contributed by atoms with van der Waals surface area (Å²) < 4.78 is 21.6. The molecule has 2 heterocycles. The lowest BCUT2D eigenvalue weighted by molar-refractivity contribution is -0.139. The van der Waals surface area contributed by atoms with Gasteiger partial charge in [-0.3, -0.25) is 9.36 Å². The lowest BCUT2D eigenvalue weighted by atomic mass is 9.96. The maximum atomic E-state index is 14.2. The Labute approximate surface area is 297 Å². The average Bonchev–Trinajstić information content (AvgIpc) is 3.34. The first kappa shape index (κ1) is 32.5. The molecule has 0 spiro atoms. The largest absolute Gasteiger partial charge is 0.494 e. The molecule has 1 aromatic heterocycles. The minimum absolute atomic E-state index is 0.211. The van der Waals surface area contributed by atoms with Crippen molar-refractivity contribution in [2.45, 2.75) is 33.4 Å². The third kappa shape index (κ3) is 6.52. The summed E-state index contributed by atoms with van der Waals surface area (Å²) in [5.74, 6) is 0.917. The number of hydrogen-bond acceptors (Lipinski definition) is 7. The van der Waals surface area contributed by atoms with E-state index in [2.05, 4.69) is 75.5 Å². The molecule has 234 valence electrons. The Bertz CT molecular complexity index is 2160. The van der Waals surface area contributed by atoms with Gasteiger partial charge in [-0.25, -0.2) is 9.79 Å². The van der Waals surface area contributed by atoms with Gasteiger partial charge in [0.25, 0.3) is 5.56 Å². The molecule has 1 aliphatic rings. The second-order valence-electron chi connectivity index (χ2n) is 10.5. The van der Waals surface area contributed by atoms with Crippen molar-refractivity contribution in [3.8, 4) is 11.5 Å². The molecule has 0 saturated carbocycles. The molecule has 1 aliphatic heterocycles. The predicted molar refractivity (Wildman–Crippen MR) is 198 cm³/mol. The third-order valence-electron chi connectivity index (χ3n) is 7.60. The van der Waals surface area contributed by atoms with E-state index in [1.54, 1.807) is 18.4 Å². The van der Waals surface area contributed by atoms with Gasteiger partial charge in [-0.15, -0.1) is 0 Å². The zero-order valence-electron chi connectivity index (χ0n) is 25.4. The number of ether oxygens (including phenoxy) is 3. The van der Waals surface area contributed by atoms with Crippen molar-refractivity contribution in [2.75, 3.05) is 13.2 Å². The number of benzene rings is 4. The van der Waals surface area contributed by atoms with E-state index in [1.807, 2.05) is 61.5 Å². The fourth-order valence-corrected chi connectivity index (χ4v) is 8.65. The van der Waals surface area contributed by atoms with Crippen molar-refractivity contribution < 1.29 is 19.0 Å². The lowest BCUT2D eigenvalue weighted by Crippen LogP contribution is -2.39. The van der Waals surface area contributed by atoms with E-state index in [0.29, 0.717) is 45.3 Å². The number of rotatable bonds is 9. The van der Waals surface area contributed by atoms with Crippen molar-refractivity contribution in [3.63, 3.8) is 0 Å². The van der Waals surface area contributed by atoms with Gasteiger partial charge in [0.2, 0.25) is 0 Å². The van der Waals surface area contributed by atoms with Gasteiger partial charge >= 0.3 is 5.97 Å². The molecule has 6 rings (SSSR count). The van der Waals surface area contributed by atoms with Crippen LogP contribution >= 0.6 is 56.5 Å². The summed E-state index contributed by atoms with van der Waals surface area (Å²) in [6, 6.07) is 25.3. The first-order chi connectivity index (χ1) is 22.3. The molecule has 0 radical (unpaired) electrons. The van der Waals surface area contributed by atoms with Crippen LogP contribution in [0.15, 0.2) is 99.9 Å². The average molecular weight is 857 g/mol. The van der Waals surface area contributed by atoms with Crippen LogP contribution in [-0.2, 0) is 16.1 Å². The minimum atomic E-state index is -0.703. The van der Waals surface area contributed by atoms with Gasteiger partial charge in [-0.1, -0.05) is 65.9 Å². The molecule has 46 heavy (non-hydrogen) atoms. The highest BCUT2D eigenvalue weighted by Crippen LogP contribution is 2.33. The van der Waals surface area contributed by atoms with Gasteiger partial charge in [0.05, 0.1) is 38.6 Å². The van der Waals surface area contributed by atoms with Gasteiger partial charge in [0.1, 0.15) is 18.1 Å². The van der Waals surface area contributed by atoms with Crippen molar-refractivity contribution in [2.24, 2.45) is 4.99 Å². The zero-order valence-corrected chi connectivity index (χ0v) is 30.5. The summed E-state index contributed by atoms with van der Waals surface area (Å²) in [4.78, 5) is 32.8. The van der Waals surface area contributed by atoms with Crippen LogP contribution in [0.2, 0.25) is 0 Å². The van der Waals surface area contributed by atoms with Gasteiger partial charge in [0, 0.05) is 9.13 Å². The van der Waals surface area contributed by atoms with E-state index in [0.717, 1.165) is 34.6 Å². The number of hydrogen-bond donors (Lipinski definition) is 0. The van der Waals surface area contributed by atoms with Crippen LogP contribution in [0.25, 0.3) is 16.8 Å². The Balaban J connectivity index is 1.45. The molecule has 7 nitrogen and oxygen atoms in total. The Kier molecular flexibility index (Phi) is 9.95. The highest BCUT2D eigenvalue weighted by atomic mass is 127. The van der Waals surface area contributed by atoms with Crippen LogP contribution in [0.4, 0.5) is 0 Å². The molecule has 0 bridgehead atoms. The predicted octanol–water partition coefficient (Wildman–Crippen LogP) is 7.14. The molecule has 0 fully saturated rings. The van der Waals surface area contributed by atoms with Crippen molar-refractivity contribution in [1.82, 2.24) is 4.57 Å². The van der Waals surface area contributed by atoms with Crippen LogP contribution in [0.1, 0.15) is 43.5 Å². The maximum Gasteiger partial charge on any atom is 0.338 e. The topological polar surface area (TPSA) is 79.1 Å². The Morgan fingerprint density at radius 2 is 1.74 bits per heavy atom. The number of carbonyl (C=O) groups excluding carboxylic acids is 1. The van der Waals surface area contributed by atoms with E-state index in [1.165, 1.54) is 11.3 Å². The molecular weight excluding hydrogens is 826 g/mol. The van der Waals surface area contributed by atoms with Crippen LogP contribution < -0.4 is 24.4 Å². The van der Waals surface area contributed by atoms with E-state index in [9.17, 15) is 9.59 Å². The summed E-state index contributed by atoms with van der Waals surface area (Å²) in [6.07, 6.45) is 1.87. The fraction of sp³-hybridized carbons (Fsp3) is 0.194. The number of thiazole rings is 1. The molecule has 10 heteroatoms. The second kappa shape index (κ2) is 14.1. The van der Waals surface area contributed by atoms with Crippen molar-refractivity contribution in [3.05, 3.63) is 134 Å². The number of nitrogens with zero attached hydrogens (tertiary/aromatic N) is 2. The fourth-order valence-electron chi connectivity index (χ4n) is 5.57. The molecule has 0 unspecified atom stereocenters. The van der Waals surface area contributed by atoms with E-state index in [4.69, 9.17) is 19.2 Å². The summed E-state index contributed by atoms with van der Waals surface area (Å²) in [5.41, 5.74) is 3.25. The van der Waals surface area contributed by atoms with Gasteiger partial charge < -0.3 is 14.2 Å². The highest BCUT2D eigenvalue weighted by molar-refractivity contribution is 14.1. The van der Waals surface area contributed by atoms with Crippen LogP contribution in [0.5, 0.6) is 11.5 Å². The Morgan fingerprint density at radius 1 is 0.978 bits per heavy atom. The number of esters is 1.